The van der Waals surface area contributed by atoms with E-state index < -0.39 is 34.5 Å². The maximum atomic E-state index is 13.0. The summed E-state index contributed by atoms with van der Waals surface area (Å²) in [5.41, 5.74) is 1.83. The molecule has 29 heavy (non-hydrogen) atoms. The van der Waals surface area contributed by atoms with Gasteiger partial charge in [0.1, 0.15) is 12.4 Å². The molecule has 154 valence electrons. The lowest BCUT2D eigenvalue weighted by molar-refractivity contribution is -0.153. The highest BCUT2D eigenvalue weighted by molar-refractivity contribution is 7.89. The Morgan fingerprint density at radius 3 is 2.52 bits per heavy atom. The lowest BCUT2D eigenvalue weighted by Gasteiger charge is -2.23. The second-order valence-electron chi connectivity index (χ2n) is 6.72. The fraction of sp³-hybridized carbons (Fsp3) is 0.300. The molecule has 0 aliphatic carbocycles. The molecule has 0 bridgehead atoms. The number of anilines is 1. The Morgan fingerprint density at radius 2 is 1.83 bits per heavy atom. The highest BCUT2D eigenvalue weighted by Crippen LogP contribution is 2.28. The van der Waals surface area contributed by atoms with Gasteiger partial charge in [-0.15, -0.1) is 0 Å². The number of likely N-dealkylation sites (N-methyl/N-ethyl adjacent to an activating group) is 1. The molecule has 1 amide bonds. The number of benzene rings is 2. The standard InChI is InChI=1S/C20H21FN2O5S/c1-14(20(25)23-12-11-15-5-3-4-6-18(15)23)28-19(24)13-22(2)29(26,27)17-9-7-16(21)8-10-17/h3-10,14H,11-13H2,1-2H3/t14-/m0/s1. The van der Waals surface area contributed by atoms with E-state index >= 15 is 0 Å². The van der Waals surface area contributed by atoms with Crippen LogP contribution in [0.2, 0.25) is 0 Å². The van der Waals surface area contributed by atoms with E-state index in [1.165, 1.54) is 14.0 Å². The van der Waals surface area contributed by atoms with Gasteiger partial charge < -0.3 is 9.64 Å². The number of amides is 1. The monoisotopic (exact) mass is 420 g/mol. The molecule has 1 aliphatic rings. The number of rotatable bonds is 6. The number of carbonyl (C=O) groups excluding carboxylic acids is 2. The number of hydrogen-bond acceptors (Lipinski definition) is 5. The molecule has 2 aromatic rings. The van der Waals surface area contributed by atoms with Gasteiger partial charge in [0, 0.05) is 19.3 Å². The normalized spacial score (nSPS) is 14.6. The average molecular weight is 420 g/mol. The van der Waals surface area contributed by atoms with Gasteiger partial charge in [0.25, 0.3) is 5.91 Å². The van der Waals surface area contributed by atoms with Crippen molar-refractivity contribution in [2.24, 2.45) is 0 Å². The van der Waals surface area contributed by atoms with Crippen LogP contribution in [-0.4, -0.2) is 50.8 Å². The Hall–Kier alpha value is -2.78. The van der Waals surface area contributed by atoms with Crippen LogP contribution in [0.3, 0.4) is 0 Å². The van der Waals surface area contributed by atoms with Crippen molar-refractivity contribution in [3.05, 3.63) is 59.9 Å². The zero-order chi connectivity index (χ0) is 21.2. The van der Waals surface area contributed by atoms with Crippen molar-refractivity contribution < 1.29 is 27.1 Å². The van der Waals surface area contributed by atoms with Gasteiger partial charge >= 0.3 is 5.97 Å². The fourth-order valence-corrected chi connectivity index (χ4v) is 4.24. The van der Waals surface area contributed by atoms with E-state index in [-0.39, 0.29) is 10.8 Å². The maximum absolute atomic E-state index is 13.0. The van der Waals surface area contributed by atoms with E-state index in [1.807, 2.05) is 24.3 Å². The predicted molar refractivity (Wildman–Crippen MR) is 104 cm³/mol. The van der Waals surface area contributed by atoms with Crippen LogP contribution in [0.15, 0.2) is 53.4 Å². The molecule has 0 spiro atoms. The molecule has 0 aromatic heterocycles. The summed E-state index contributed by atoms with van der Waals surface area (Å²) in [4.78, 5) is 26.3. The molecule has 0 fully saturated rings. The smallest absolute Gasteiger partial charge is 0.322 e. The summed E-state index contributed by atoms with van der Waals surface area (Å²) < 4.78 is 43.9. The number of fused-ring (bicyclic) bond motifs is 1. The first kappa shape index (κ1) is 20.9. The van der Waals surface area contributed by atoms with E-state index in [4.69, 9.17) is 4.74 Å². The number of carbonyl (C=O) groups is 2. The van der Waals surface area contributed by atoms with Gasteiger partial charge in [-0.05, 0) is 49.2 Å². The number of esters is 1. The topological polar surface area (TPSA) is 84.0 Å². The molecule has 0 N–H and O–H groups in total. The van der Waals surface area contributed by atoms with Gasteiger partial charge in [0.2, 0.25) is 10.0 Å². The first-order chi connectivity index (χ1) is 13.7. The van der Waals surface area contributed by atoms with E-state index in [1.54, 1.807) is 4.90 Å². The Bertz CT molecular complexity index is 1020. The molecule has 0 saturated carbocycles. The van der Waals surface area contributed by atoms with E-state index in [0.29, 0.717) is 6.54 Å². The summed E-state index contributed by atoms with van der Waals surface area (Å²) in [5.74, 6) is -1.79. The molecule has 1 atom stereocenters. The van der Waals surface area contributed by atoms with Gasteiger partial charge in [0.05, 0.1) is 4.90 Å². The molecule has 0 saturated heterocycles. The minimum absolute atomic E-state index is 0.146. The lowest BCUT2D eigenvalue weighted by Crippen LogP contribution is -2.41. The van der Waals surface area contributed by atoms with Gasteiger partial charge in [0.15, 0.2) is 6.10 Å². The molecular formula is C20H21FN2O5S. The Kier molecular flexibility index (Phi) is 5.99. The van der Waals surface area contributed by atoms with Crippen molar-refractivity contribution in [3.63, 3.8) is 0 Å². The summed E-state index contributed by atoms with van der Waals surface area (Å²) in [6.45, 7) is 1.38. The van der Waals surface area contributed by atoms with E-state index in [9.17, 15) is 22.4 Å². The summed E-state index contributed by atoms with van der Waals surface area (Å²) in [7, 11) is -2.78. The molecule has 1 aliphatic heterocycles. The van der Waals surface area contributed by atoms with E-state index in [2.05, 4.69) is 0 Å². The number of halogens is 1. The first-order valence-corrected chi connectivity index (χ1v) is 10.4. The van der Waals surface area contributed by atoms with Gasteiger partial charge in [-0.3, -0.25) is 9.59 Å². The second-order valence-corrected chi connectivity index (χ2v) is 8.76. The Balaban J connectivity index is 1.61. The maximum Gasteiger partial charge on any atom is 0.322 e. The zero-order valence-corrected chi connectivity index (χ0v) is 16.9. The van der Waals surface area contributed by atoms with Gasteiger partial charge in [-0.2, -0.15) is 4.31 Å². The van der Waals surface area contributed by atoms with Crippen LogP contribution in [0.1, 0.15) is 12.5 Å². The number of ether oxygens (including phenoxy) is 1. The molecule has 1 heterocycles. The fourth-order valence-electron chi connectivity index (χ4n) is 3.12. The van der Waals surface area contributed by atoms with Gasteiger partial charge in [-0.1, -0.05) is 18.2 Å². The number of para-hydroxylation sites is 1. The van der Waals surface area contributed by atoms with Crippen molar-refractivity contribution in [3.8, 4) is 0 Å². The molecule has 2 aromatic carbocycles. The van der Waals surface area contributed by atoms with Gasteiger partial charge in [-0.25, -0.2) is 12.8 Å². The third-order valence-corrected chi connectivity index (χ3v) is 6.50. The SMILES string of the molecule is C[C@H](OC(=O)CN(C)S(=O)(=O)c1ccc(F)cc1)C(=O)N1CCc2ccccc21. The van der Waals surface area contributed by atoms with Crippen molar-refractivity contribution in [1.82, 2.24) is 4.31 Å². The predicted octanol–water partition coefficient (Wildman–Crippen LogP) is 1.97. The minimum Gasteiger partial charge on any atom is -0.452 e. The highest BCUT2D eigenvalue weighted by Gasteiger charge is 2.31. The zero-order valence-electron chi connectivity index (χ0n) is 16.0. The molecule has 9 heteroatoms. The second kappa shape index (κ2) is 8.30. The van der Waals surface area contributed by atoms with Crippen molar-refractivity contribution in [1.29, 1.82) is 0 Å². The van der Waals surface area contributed by atoms with Crippen LogP contribution < -0.4 is 4.90 Å². The van der Waals surface area contributed by atoms with Crippen molar-refractivity contribution >= 4 is 27.6 Å². The molecule has 0 unspecified atom stereocenters. The summed E-state index contributed by atoms with van der Waals surface area (Å²) in [6, 6.07) is 11.8. The van der Waals surface area contributed by atoms with E-state index in [0.717, 1.165) is 46.2 Å². The van der Waals surface area contributed by atoms with Crippen LogP contribution in [0.5, 0.6) is 0 Å². The van der Waals surface area contributed by atoms with Crippen LogP contribution in [0.4, 0.5) is 10.1 Å². The molecule has 7 nitrogen and oxygen atoms in total. The molecule has 0 radical (unpaired) electrons. The average Bonchev–Trinajstić information content (AvgIpc) is 3.11. The summed E-state index contributed by atoms with van der Waals surface area (Å²) >= 11 is 0. The highest BCUT2D eigenvalue weighted by atomic mass is 32.2. The number of sulfonamides is 1. The molecule has 3 rings (SSSR count). The van der Waals surface area contributed by atoms with Crippen molar-refractivity contribution in [2.75, 3.05) is 25.0 Å². The first-order valence-electron chi connectivity index (χ1n) is 9.01. The largest absolute Gasteiger partial charge is 0.452 e. The van der Waals surface area contributed by atoms with Crippen LogP contribution >= 0.6 is 0 Å². The van der Waals surface area contributed by atoms with Crippen molar-refractivity contribution in [2.45, 2.75) is 24.3 Å². The number of hydrogen-bond donors (Lipinski definition) is 0. The van der Waals surface area contributed by atoms with Crippen LogP contribution in [0.25, 0.3) is 0 Å². The third kappa shape index (κ3) is 4.46. The van der Waals surface area contributed by atoms with Crippen LogP contribution in [-0.2, 0) is 30.8 Å². The Labute approximate surface area is 168 Å². The molecular weight excluding hydrogens is 399 g/mol. The quantitative estimate of drug-likeness (QED) is 0.667. The third-order valence-electron chi connectivity index (χ3n) is 4.68. The number of nitrogens with zero attached hydrogens (tertiary/aromatic N) is 2. The summed E-state index contributed by atoms with van der Waals surface area (Å²) in [5, 5.41) is 0. The Morgan fingerprint density at radius 1 is 1.17 bits per heavy atom. The van der Waals surface area contributed by atoms with Crippen LogP contribution in [0, 0.1) is 5.82 Å². The minimum atomic E-state index is -3.99. The summed E-state index contributed by atoms with van der Waals surface area (Å²) in [6.07, 6.45) is -0.336. The lowest BCUT2D eigenvalue weighted by atomic mass is 10.2.